The summed E-state index contributed by atoms with van der Waals surface area (Å²) in [5.41, 5.74) is 1.53. The molecule has 3 aromatic rings. The Morgan fingerprint density at radius 2 is 1.39 bits per heavy atom. The maximum atomic E-state index is 14.6. The Balaban J connectivity index is 1.61. The number of hydrogen-bond donors (Lipinski definition) is 0. The highest BCUT2D eigenvalue weighted by Gasteiger charge is 2.52. The summed E-state index contributed by atoms with van der Waals surface area (Å²) in [6.07, 6.45) is -0.112. The smallest absolute Gasteiger partial charge is 0.234 e. The van der Waals surface area contributed by atoms with Gasteiger partial charge in [-0.3, -0.25) is 9.59 Å². The highest BCUT2D eigenvalue weighted by atomic mass is 19.1. The Labute approximate surface area is 194 Å². The van der Waals surface area contributed by atoms with Crippen LogP contribution in [0.2, 0.25) is 0 Å². The monoisotopic (exact) mass is 444 g/mol. The molecular weight excluding hydrogens is 415 g/mol. The zero-order chi connectivity index (χ0) is 23.3. The molecule has 0 unspecified atom stereocenters. The average Bonchev–Trinajstić information content (AvgIpc) is 3.22. The molecule has 0 bridgehead atoms. The van der Waals surface area contributed by atoms with Crippen LogP contribution in [0.4, 0.5) is 4.39 Å². The van der Waals surface area contributed by atoms with Crippen LogP contribution in [0.15, 0.2) is 91.0 Å². The molecule has 0 spiro atoms. The summed E-state index contributed by atoms with van der Waals surface area (Å²) in [5.74, 6) is -0.495. The molecular formula is C28H29FN2O2. The molecule has 33 heavy (non-hydrogen) atoms. The van der Waals surface area contributed by atoms with E-state index in [1.54, 1.807) is 9.80 Å². The van der Waals surface area contributed by atoms with Gasteiger partial charge in [0, 0.05) is 26.1 Å². The van der Waals surface area contributed by atoms with E-state index in [-0.39, 0.29) is 30.8 Å². The first-order chi connectivity index (χ1) is 16.0. The molecule has 170 valence electrons. The normalized spacial score (nSPS) is 18.8. The Bertz CT molecular complexity index is 1030. The molecule has 1 saturated heterocycles. The van der Waals surface area contributed by atoms with E-state index in [4.69, 9.17) is 0 Å². The van der Waals surface area contributed by atoms with Gasteiger partial charge in [0.25, 0.3) is 0 Å². The summed E-state index contributed by atoms with van der Waals surface area (Å²) in [4.78, 5) is 30.2. The van der Waals surface area contributed by atoms with Crippen molar-refractivity contribution in [1.82, 2.24) is 9.80 Å². The van der Waals surface area contributed by atoms with Gasteiger partial charge < -0.3 is 9.80 Å². The Kier molecular flexibility index (Phi) is 6.87. The third-order valence-electron chi connectivity index (χ3n) is 6.46. The summed E-state index contributed by atoms with van der Waals surface area (Å²) in [7, 11) is 0. The van der Waals surface area contributed by atoms with Crippen molar-refractivity contribution >= 4 is 11.8 Å². The maximum absolute atomic E-state index is 14.6. The lowest BCUT2D eigenvalue weighted by molar-refractivity contribution is -0.144. The number of rotatable bonds is 8. The number of likely N-dealkylation sites (tertiary alicyclic amines) is 1. The van der Waals surface area contributed by atoms with Gasteiger partial charge in [-0.25, -0.2) is 4.39 Å². The highest BCUT2D eigenvalue weighted by molar-refractivity contribution is 5.93. The van der Waals surface area contributed by atoms with Crippen molar-refractivity contribution in [3.05, 3.63) is 108 Å². The van der Waals surface area contributed by atoms with E-state index in [1.807, 2.05) is 97.9 Å². The molecule has 0 saturated carbocycles. The van der Waals surface area contributed by atoms with Crippen LogP contribution in [0.25, 0.3) is 0 Å². The number of benzene rings is 3. The Hall–Kier alpha value is -3.47. The van der Waals surface area contributed by atoms with Gasteiger partial charge in [-0.15, -0.1) is 0 Å². The summed E-state index contributed by atoms with van der Waals surface area (Å²) in [6.45, 7) is 1.86. The molecule has 2 amide bonds. The molecule has 3 aromatic carbocycles. The summed E-state index contributed by atoms with van der Waals surface area (Å²) in [5, 5.41) is 0. The highest BCUT2D eigenvalue weighted by Crippen LogP contribution is 2.39. The number of amides is 2. The van der Waals surface area contributed by atoms with Crippen LogP contribution in [0.5, 0.6) is 0 Å². The zero-order valence-electron chi connectivity index (χ0n) is 18.9. The Morgan fingerprint density at radius 3 is 1.88 bits per heavy atom. The van der Waals surface area contributed by atoms with Crippen LogP contribution in [-0.2, 0) is 22.7 Å². The van der Waals surface area contributed by atoms with E-state index in [0.717, 1.165) is 16.7 Å². The molecule has 5 heteroatoms. The van der Waals surface area contributed by atoms with Crippen molar-refractivity contribution in [2.45, 2.75) is 32.5 Å². The lowest BCUT2D eigenvalue weighted by Gasteiger charge is -2.33. The third kappa shape index (κ3) is 4.98. The fourth-order valence-electron chi connectivity index (χ4n) is 4.56. The van der Waals surface area contributed by atoms with Crippen molar-refractivity contribution in [3.63, 3.8) is 0 Å². The molecule has 0 aromatic heterocycles. The number of hydrogen-bond acceptors (Lipinski definition) is 2. The van der Waals surface area contributed by atoms with Gasteiger partial charge in [0.2, 0.25) is 11.8 Å². The van der Waals surface area contributed by atoms with Crippen molar-refractivity contribution in [1.29, 1.82) is 0 Å². The Morgan fingerprint density at radius 1 is 0.909 bits per heavy atom. The maximum Gasteiger partial charge on any atom is 0.234 e. The summed E-state index contributed by atoms with van der Waals surface area (Å²) >= 11 is 0. The van der Waals surface area contributed by atoms with Crippen molar-refractivity contribution in [3.8, 4) is 0 Å². The first-order valence-electron chi connectivity index (χ1n) is 11.3. The number of alkyl halides is 1. The van der Waals surface area contributed by atoms with Crippen LogP contribution in [-0.4, -0.2) is 34.8 Å². The minimum Gasteiger partial charge on any atom is -0.335 e. The zero-order valence-corrected chi connectivity index (χ0v) is 18.9. The van der Waals surface area contributed by atoms with Crippen molar-refractivity contribution < 1.29 is 14.0 Å². The number of nitrogens with zero attached hydrogens (tertiary/aromatic N) is 2. The largest absolute Gasteiger partial charge is 0.335 e. The van der Waals surface area contributed by atoms with E-state index in [1.165, 1.54) is 0 Å². The molecule has 1 heterocycles. The lowest BCUT2D eigenvalue weighted by Crippen LogP contribution is -2.46. The molecule has 2 atom stereocenters. The molecule has 0 N–H and O–H groups in total. The van der Waals surface area contributed by atoms with Crippen LogP contribution in [0.1, 0.15) is 36.1 Å². The minimum atomic E-state index is -1.37. The first kappa shape index (κ1) is 22.7. The van der Waals surface area contributed by atoms with Gasteiger partial charge in [-0.05, 0) is 23.6 Å². The van der Waals surface area contributed by atoms with Gasteiger partial charge in [-0.1, -0.05) is 91.0 Å². The van der Waals surface area contributed by atoms with Crippen molar-refractivity contribution in [2.75, 3.05) is 13.2 Å². The SMILES string of the molecule is C[C@@H](c1ccccc1)N1C[C@@](CF)(C(=O)N(Cc2ccccc2)Cc2ccccc2)CC1=O. The van der Waals surface area contributed by atoms with Gasteiger partial charge in [0.05, 0.1) is 6.04 Å². The summed E-state index contributed by atoms with van der Waals surface area (Å²) < 4.78 is 14.6. The van der Waals surface area contributed by atoms with E-state index in [2.05, 4.69) is 0 Å². The summed E-state index contributed by atoms with van der Waals surface area (Å²) in [6, 6.07) is 28.8. The predicted octanol–water partition coefficient (Wildman–Crippen LogP) is 5.16. The van der Waals surface area contributed by atoms with Crippen molar-refractivity contribution in [2.24, 2.45) is 5.41 Å². The molecule has 1 fully saturated rings. The molecule has 1 aliphatic rings. The standard InChI is InChI=1S/C28H29FN2O2/c1-22(25-15-9-4-10-16-25)31-21-28(20-29,17-26(31)32)27(33)30(18-23-11-5-2-6-12-23)19-24-13-7-3-8-14-24/h2-16,22H,17-21H2,1H3/t22-,28+/m0/s1. The topological polar surface area (TPSA) is 40.6 Å². The van der Waals surface area contributed by atoms with E-state index >= 15 is 0 Å². The van der Waals surface area contributed by atoms with Crippen LogP contribution in [0.3, 0.4) is 0 Å². The van der Waals surface area contributed by atoms with Crippen LogP contribution >= 0.6 is 0 Å². The molecule has 4 nitrogen and oxygen atoms in total. The molecule has 4 rings (SSSR count). The first-order valence-corrected chi connectivity index (χ1v) is 11.3. The second-order valence-corrected chi connectivity index (χ2v) is 8.83. The number of halogens is 1. The van der Waals surface area contributed by atoms with E-state index in [9.17, 15) is 14.0 Å². The van der Waals surface area contributed by atoms with Crippen LogP contribution < -0.4 is 0 Å². The van der Waals surface area contributed by atoms with Gasteiger partial charge in [-0.2, -0.15) is 0 Å². The van der Waals surface area contributed by atoms with E-state index < -0.39 is 12.1 Å². The second kappa shape index (κ2) is 9.99. The number of carbonyl (C=O) groups excluding carboxylic acids is 2. The quantitative estimate of drug-likeness (QED) is 0.481. The fraction of sp³-hybridized carbons (Fsp3) is 0.286. The van der Waals surface area contributed by atoms with E-state index in [0.29, 0.717) is 13.1 Å². The molecule has 1 aliphatic heterocycles. The minimum absolute atomic E-state index is 0.0807. The fourth-order valence-corrected chi connectivity index (χ4v) is 4.56. The lowest BCUT2D eigenvalue weighted by atomic mass is 9.86. The molecule has 0 radical (unpaired) electrons. The average molecular weight is 445 g/mol. The van der Waals surface area contributed by atoms with Gasteiger partial charge in [0.1, 0.15) is 12.1 Å². The third-order valence-corrected chi connectivity index (χ3v) is 6.46. The molecule has 0 aliphatic carbocycles. The van der Waals surface area contributed by atoms with Gasteiger partial charge >= 0.3 is 0 Å². The number of carbonyl (C=O) groups is 2. The second-order valence-electron chi connectivity index (χ2n) is 8.83. The van der Waals surface area contributed by atoms with Crippen LogP contribution in [0, 0.1) is 5.41 Å². The predicted molar refractivity (Wildman–Crippen MR) is 127 cm³/mol. The van der Waals surface area contributed by atoms with Gasteiger partial charge in [0.15, 0.2) is 0 Å².